The zero-order chi connectivity index (χ0) is 11.8. The lowest BCUT2D eigenvalue weighted by Crippen LogP contribution is -2.03. The molecule has 4 nitrogen and oxygen atoms in total. The maximum Gasteiger partial charge on any atom is 0.172 e. The van der Waals surface area contributed by atoms with Gasteiger partial charge in [0.25, 0.3) is 0 Å². The van der Waals surface area contributed by atoms with Crippen LogP contribution in [0.5, 0.6) is 0 Å². The van der Waals surface area contributed by atoms with Gasteiger partial charge in [-0.05, 0) is 25.0 Å². The predicted octanol–water partition coefficient (Wildman–Crippen LogP) is 2.61. The fourth-order valence-electron chi connectivity index (χ4n) is 1.93. The third-order valence-electron chi connectivity index (χ3n) is 2.89. The molecule has 86 valence electrons. The van der Waals surface area contributed by atoms with Gasteiger partial charge in [-0.15, -0.1) is 5.10 Å². The molecule has 0 unspecified atom stereocenters. The van der Waals surface area contributed by atoms with E-state index < -0.39 is 0 Å². The molecule has 0 aliphatic heterocycles. The number of halogens is 1. The van der Waals surface area contributed by atoms with Crippen molar-refractivity contribution in [3.8, 4) is 5.69 Å². The van der Waals surface area contributed by atoms with Crippen molar-refractivity contribution in [1.82, 2.24) is 15.0 Å². The summed E-state index contributed by atoms with van der Waals surface area (Å²) in [4.78, 5) is 10.9. The molecule has 1 aliphatic carbocycles. The Balaban J connectivity index is 2.18. The Hall–Kier alpha value is -1.68. The maximum atomic E-state index is 10.9. The highest BCUT2D eigenvalue weighted by Crippen LogP contribution is 2.42. The number of aromatic nitrogens is 3. The molecule has 1 saturated carbocycles. The molecule has 1 aromatic heterocycles. The van der Waals surface area contributed by atoms with Crippen LogP contribution in [0.25, 0.3) is 5.69 Å². The van der Waals surface area contributed by atoms with Gasteiger partial charge in [-0.25, -0.2) is 4.68 Å². The predicted molar refractivity (Wildman–Crippen MR) is 63.7 cm³/mol. The number of nitrogens with zero attached hydrogens (tertiary/aromatic N) is 3. The average molecular weight is 248 g/mol. The van der Waals surface area contributed by atoms with Gasteiger partial charge < -0.3 is 0 Å². The number of aldehydes is 1. The summed E-state index contributed by atoms with van der Waals surface area (Å²) < 4.78 is 1.68. The molecular formula is C12H10ClN3O. The van der Waals surface area contributed by atoms with Crippen molar-refractivity contribution in [2.24, 2.45) is 0 Å². The topological polar surface area (TPSA) is 47.8 Å². The minimum atomic E-state index is 0.390. The molecule has 1 fully saturated rings. The smallest absolute Gasteiger partial charge is 0.172 e. The van der Waals surface area contributed by atoms with Crippen molar-refractivity contribution < 1.29 is 4.79 Å². The Morgan fingerprint density at radius 1 is 1.35 bits per heavy atom. The van der Waals surface area contributed by atoms with E-state index in [0.29, 0.717) is 16.6 Å². The summed E-state index contributed by atoms with van der Waals surface area (Å²) >= 11 is 6.13. The summed E-state index contributed by atoms with van der Waals surface area (Å²) in [7, 11) is 0. The highest BCUT2D eigenvalue weighted by molar-refractivity contribution is 6.32. The van der Waals surface area contributed by atoms with Crippen molar-refractivity contribution in [2.45, 2.75) is 18.8 Å². The van der Waals surface area contributed by atoms with E-state index in [1.807, 2.05) is 18.2 Å². The van der Waals surface area contributed by atoms with Crippen LogP contribution >= 0.6 is 11.6 Å². The summed E-state index contributed by atoms with van der Waals surface area (Å²) in [6.07, 6.45) is 2.92. The Kier molecular flexibility index (Phi) is 2.44. The second-order valence-electron chi connectivity index (χ2n) is 4.12. The van der Waals surface area contributed by atoms with Gasteiger partial charge in [0.2, 0.25) is 0 Å². The molecule has 0 radical (unpaired) electrons. The van der Waals surface area contributed by atoms with E-state index in [4.69, 9.17) is 11.6 Å². The largest absolute Gasteiger partial charge is 0.296 e. The Morgan fingerprint density at radius 2 is 2.12 bits per heavy atom. The van der Waals surface area contributed by atoms with E-state index in [0.717, 1.165) is 30.5 Å². The first-order valence-corrected chi connectivity index (χ1v) is 5.84. The molecule has 1 aliphatic rings. The van der Waals surface area contributed by atoms with E-state index >= 15 is 0 Å². The first kappa shape index (κ1) is 10.5. The van der Waals surface area contributed by atoms with Crippen LogP contribution in [0.3, 0.4) is 0 Å². The first-order valence-electron chi connectivity index (χ1n) is 5.47. The van der Waals surface area contributed by atoms with E-state index in [2.05, 4.69) is 10.3 Å². The fourth-order valence-corrected chi connectivity index (χ4v) is 2.14. The molecular weight excluding hydrogens is 238 g/mol. The van der Waals surface area contributed by atoms with Gasteiger partial charge >= 0.3 is 0 Å². The van der Waals surface area contributed by atoms with Crippen LogP contribution in [0.1, 0.15) is 34.9 Å². The van der Waals surface area contributed by atoms with E-state index in [1.54, 1.807) is 10.7 Å². The molecule has 2 aromatic rings. The van der Waals surface area contributed by atoms with Crippen LogP contribution in [0.2, 0.25) is 5.02 Å². The van der Waals surface area contributed by atoms with Gasteiger partial charge in [-0.3, -0.25) is 4.79 Å². The molecule has 0 bridgehead atoms. The highest BCUT2D eigenvalue weighted by atomic mass is 35.5. The highest BCUT2D eigenvalue weighted by Gasteiger charge is 2.32. The van der Waals surface area contributed by atoms with Crippen LogP contribution in [-0.4, -0.2) is 21.3 Å². The lowest BCUT2D eigenvalue weighted by molar-refractivity contribution is 0.111. The van der Waals surface area contributed by atoms with Crippen LogP contribution in [0.4, 0.5) is 0 Å². The number of hydrogen-bond donors (Lipinski definition) is 0. The molecule has 0 N–H and O–H groups in total. The van der Waals surface area contributed by atoms with Gasteiger partial charge in [0.15, 0.2) is 6.29 Å². The summed E-state index contributed by atoms with van der Waals surface area (Å²) in [5.74, 6) is 0.390. The molecule has 0 saturated heterocycles. The molecule has 3 rings (SSSR count). The van der Waals surface area contributed by atoms with E-state index in [9.17, 15) is 4.79 Å². The summed E-state index contributed by atoms with van der Waals surface area (Å²) in [6, 6.07) is 7.42. The lowest BCUT2D eigenvalue weighted by Gasteiger charge is -2.07. The molecule has 0 amide bonds. The zero-order valence-electron chi connectivity index (χ0n) is 9.01. The molecule has 5 heteroatoms. The number of para-hydroxylation sites is 1. The third-order valence-corrected chi connectivity index (χ3v) is 3.21. The lowest BCUT2D eigenvalue weighted by atomic mass is 10.2. The van der Waals surface area contributed by atoms with Crippen molar-refractivity contribution in [3.63, 3.8) is 0 Å². The minimum Gasteiger partial charge on any atom is -0.296 e. The molecule has 1 aromatic carbocycles. The second-order valence-corrected chi connectivity index (χ2v) is 4.52. The second kappa shape index (κ2) is 3.96. The number of rotatable bonds is 3. The molecule has 1 heterocycles. The average Bonchev–Trinajstić information content (AvgIpc) is 3.10. The molecule has 17 heavy (non-hydrogen) atoms. The number of benzene rings is 1. The molecule has 0 atom stereocenters. The van der Waals surface area contributed by atoms with E-state index in [-0.39, 0.29) is 0 Å². The van der Waals surface area contributed by atoms with Gasteiger partial charge in [0.05, 0.1) is 16.4 Å². The van der Waals surface area contributed by atoms with Crippen LogP contribution < -0.4 is 0 Å². The monoisotopic (exact) mass is 247 g/mol. The van der Waals surface area contributed by atoms with Gasteiger partial charge in [-0.1, -0.05) is 28.9 Å². The van der Waals surface area contributed by atoms with Gasteiger partial charge in [0.1, 0.15) is 5.69 Å². The molecule has 0 spiro atoms. The van der Waals surface area contributed by atoms with Gasteiger partial charge in [-0.2, -0.15) is 0 Å². The number of hydrogen-bond acceptors (Lipinski definition) is 3. The maximum absolute atomic E-state index is 10.9. The Morgan fingerprint density at radius 3 is 2.76 bits per heavy atom. The minimum absolute atomic E-state index is 0.390. The third kappa shape index (κ3) is 1.74. The fraction of sp³-hybridized carbons (Fsp3) is 0.250. The standard InChI is InChI=1S/C12H10ClN3O/c13-9-3-1-2-4-11(9)16-12(8-5-6-8)10(7-17)14-15-16/h1-4,7-8H,5-6H2. The van der Waals surface area contributed by atoms with Crippen molar-refractivity contribution in [1.29, 1.82) is 0 Å². The summed E-state index contributed by atoms with van der Waals surface area (Å²) in [5.41, 5.74) is 2.08. The quantitative estimate of drug-likeness (QED) is 0.784. The van der Waals surface area contributed by atoms with Crippen molar-refractivity contribution in [2.75, 3.05) is 0 Å². The van der Waals surface area contributed by atoms with Crippen LogP contribution in [0.15, 0.2) is 24.3 Å². The number of carbonyl (C=O) groups excluding carboxylic acids is 1. The zero-order valence-corrected chi connectivity index (χ0v) is 9.76. The summed E-state index contributed by atoms with van der Waals surface area (Å²) in [5, 5.41) is 8.54. The number of carbonyl (C=O) groups is 1. The van der Waals surface area contributed by atoms with Crippen LogP contribution in [-0.2, 0) is 0 Å². The summed E-state index contributed by atoms with van der Waals surface area (Å²) in [6.45, 7) is 0. The van der Waals surface area contributed by atoms with Gasteiger partial charge in [0, 0.05) is 5.92 Å². The SMILES string of the molecule is O=Cc1nnn(-c2ccccc2Cl)c1C1CC1. The Labute approximate surface area is 103 Å². The normalized spacial score (nSPS) is 14.9. The van der Waals surface area contributed by atoms with E-state index in [1.165, 1.54) is 0 Å². The Bertz CT molecular complexity index is 575. The van der Waals surface area contributed by atoms with Crippen molar-refractivity contribution in [3.05, 3.63) is 40.7 Å². The van der Waals surface area contributed by atoms with Crippen molar-refractivity contribution >= 4 is 17.9 Å². The van der Waals surface area contributed by atoms with Crippen LogP contribution in [0, 0.1) is 0 Å². The first-order chi connectivity index (χ1) is 8.31.